The van der Waals surface area contributed by atoms with Crippen molar-refractivity contribution in [1.82, 2.24) is 15.2 Å². The van der Waals surface area contributed by atoms with Gasteiger partial charge in [-0.1, -0.05) is 54.9 Å². The maximum Gasteiger partial charge on any atom is 0.193 e. The predicted octanol–water partition coefficient (Wildman–Crippen LogP) is 4.60. The predicted molar refractivity (Wildman–Crippen MR) is 124 cm³/mol. The van der Waals surface area contributed by atoms with Crippen LogP contribution in [0.15, 0.2) is 53.7 Å². The van der Waals surface area contributed by atoms with Gasteiger partial charge in [0, 0.05) is 32.9 Å². The second kappa shape index (κ2) is 10.9. The normalized spacial score (nSPS) is 20.1. The van der Waals surface area contributed by atoms with Gasteiger partial charge in [-0.15, -0.1) is 24.0 Å². The lowest BCUT2D eigenvalue weighted by Gasteiger charge is -2.39. The molecule has 2 unspecified atom stereocenters. The van der Waals surface area contributed by atoms with Crippen LogP contribution in [-0.2, 0) is 6.42 Å². The zero-order valence-electron chi connectivity index (χ0n) is 15.9. The molecule has 4 nitrogen and oxygen atoms in total. The summed E-state index contributed by atoms with van der Waals surface area (Å²) < 4.78 is 0. The zero-order chi connectivity index (χ0) is 18.4. The highest BCUT2D eigenvalue weighted by molar-refractivity contribution is 14.0. The van der Waals surface area contributed by atoms with Crippen LogP contribution < -0.4 is 5.32 Å². The summed E-state index contributed by atoms with van der Waals surface area (Å²) in [5.74, 6) is 2.22. The third kappa shape index (κ3) is 6.07. The van der Waals surface area contributed by atoms with Crippen molar-refractivity contribution in [2.24, 2.45) is 10.9 Å². The molecule has 0 amide bonds. The molecule has 0 radical (unpaired) electrons. The average molecular weight is 499 g/mol. The van der Waals surface area contributed by atoms with E-state index in [1.807, 2.05) is 25.4 Å². The van der Waals surface area contributed by atoms with E-state index in [9.17, 15) is 0 Å². The topological polar surface area (TPSA) is 40.5 Å². The summed E-state index contributed by atoms with van der Waals surface area (Å²) >= 11 is 5.84. The number of hydrogen-bond acceptors (Lipinski definition) is 2. The Balaban J connectivity index is 0.00000261. The number of halogens is 2. The lowest BCUT2D eigenvalue weighted by Crippen LogP contribution is -2.48. The van der Waals surface area contributed by atoms with Crippen LogP contribution in [0.4, 0.5) is 0 Å². The van der Waals surface area contributed by atoms with E-state index in [1.165, 1.54) is 11.1 Å². The first-order valence-corrected chi connectivity index (χ1v) is 9.66. The molecule has 0 spiro atoms. The average Bonchev–Trinajstić information content (AvgIpc) is 2.67. The maximum atomic E-state index is 5.84. The Hall–Kier alpha value is -1.34. The second-order valence-corrected chi connectivity index (χ2v) is 7.33. The lowest BCUT2D eigenvalue weighted by molar-refractivity contribution is 0.234. The van der Waals surface area contributed by atoms with Crippen molar-refractivity contribution < 1.29 is 0 Å². The number of hydrogen-bond donors (Lipinski definition) is 1. The fraction of sp³-hybridized carbons (Fsp3) is 0.429. The van der Waals surface area contributed by atoms with Crippen LogP contribution in [0.25, 0.3) is 0 Å². The molecular formula is C21H28ClIN4. The van der Waals surface area contributed by atoms with Gasteiger partial charge in [0.05, 0.1) is 0 Å². The molecule has 1 saturated heterocycles. The van der Waals surface area contributed by atoms with Crippen LogP contribution in [0.5, 0.6) is 0 Å². The summed E-state index contributed by atoms with van der Waals surface area (Å²) in [7, 11) is 1.86. The highest BCUT2D eigenvalue weighted by Crippen LogP contribution is 2.32. The van der Waals surface area contributed by atoms with Gasteiger partial charge in [-0.05, 0) is 41.9 Å². The third-order valence-electron chi connectivity index (χ3n) is 5.13. The molecule has 1 N–H and O–H groups in total. The molecule has 0 aliphatic carbocycles. The molecule has 146 valence electrons. The number of pyridine rings is 1. The molecule has 3 rings (SSSR count). The number of nitrogens with zero attached hydrogens (tertiary/aromatic N) is 3. The molecule has 27 heavy (non-hydrogen) atoms. The van der Waals surface area contributed by atoms with Gasteiger partial charge >= 0.3 is 0 Å². The minimum absolute atomic E-state index is 0. The summed E-state index contributed by atoms with van der Waals surface area (Å²) in [5.41, 5.74) is 2.63. The molecule has 1 fully saturated rings. The minimum Gasteiger partial charge on any atom is -0.356 e. The largest absolute Gasteiger partial charge is 0.356 e. The Labute approximate surface area is 184 Å². The molecule has 2 aromatic rings. The van der Waals surface area contributed by atoms with Crippen molar-refractivity contribution in [2.45, 2.75) is 25.7 Å². The number of piperidine rings is 1. The molecule has 6 heteroatoms. The number of aromatic nitrogens is 1. The van der Waals surface area contributed by atoms with E-state index in [1.54, 1.807) is 0 Å². The Bertz CT molecular complexity index is 721. The van der Waals surface area contributed by atoms with E-state index in [0.717, 1.165) is 38.4 Å². The van der Waals surface area contributed by atoms with E-state index >= 15 is 0 Å². The summed E-state index contributed by atoms with van der Waals surface area (Å²) in [4.78, 5) is 11.0. The number of benzene rings is 1. The number of guanidine groups is 1. The molecule has 0 saturated carbocycles. The standard InChI is InChI=1S/C21H27ClN4.HI/c1-16-15-26(13-11-19(16)18-6-4-3-5-7-18)21(23-2)24-12-10-17-8-9-20(22)25-14-17;/h3-9,14,16,19H,10-13,15H2,1-2H3,(H,23,24);1H. The smallest absolute Gasteiger partial charge is 0.193 e. The quantitative estimate of drug-likeness (QED) is 0.290. The number of likely N-dealkylation sites (tertiary alicyclic amines) is 1. The fourth-order valence-electron chi connectivity index (χ4n) is 3.74. The van der Waals surface area contributed by atoms with E-state index in [2.05, 4.69) is 57.4 Å². The van der Waals surface area contributed by atoms with Gasteiger partial charge in [0.1, 0.15) is 5.15 Å². The van der Waals surface area contributed by atoms with Gasteiger partial charge in [0.15, 0.2) is 5.96 Å². The Morgan fingerprint density at radius 1 is 1.26 bits per heavy atom. The van der Waals surface area contributed by atoms with Gasteiger partial charge in [-0.25, -0.2) is 4.98 Å². The molecule has 1 aromatic heterocycles. The molecule has 2 heterocycles. The molecular weight excluding hydrogens is 471 g/mol. The van der Waals surface area contributed by atoms with Crippen LogP contribution >= 0.6 is 35.6 Å². The fourth-order valence-corrected chi connectivity index (χ4v) is 3.85. The van der Waals surface area contributed by atoms with Crippen molar-refractivity contribution in [3.63, 3.8) is 0 Å². The highest BCUT2D eigenvalue weighted by Gasteiger charge is 2.28. The Morgan fingerprint density at radius 3 is 2.67 bits per heavy atom. The Kier molecular flexibility index (Phi) is 8.83. The van der Waals surface area contributed by atoms with Crippen LogP contribution in [0, 0.1) is 5.92 Å². The van der Waals surface area contributed by atoms with Crippen molar-refractivity contribution in [3.8, 4) is 0 Å². The summed E-state index contributed by atoms with van der Waals surface area (Å²) in [6.07, 6.45) is 3.90. The van der Waals surface area contributed by atoms with E-state index < -0.39 is 0 Å². The van der Waals surface area contributed by atoms with Crippen LogP contribution in [-0.4, -0.2) is 42.5 Å². The Morgan fingerprint density at radius 2 is 2.04 bits per heavy atom. The summed E-state index contributed by atoms with van der Waals surface area (Å²) in [5, 5.41) is 4.03. The first kappa shape index (κ1) is 22.0. The maximum absolute atomic E-state index is 5.84. The molecule has 1 aliphatic rings. The van der Waals surface area contributed by atoms with Crippen molar-refractivity contribution in [1.29, 1.82) is 0 Å². The van der Waals surface area contributed by atoms with Crippen LogP contribution in [0.3, 0.4) is 0 Å². The lowest BCUT2D eigenvalue weighted by atomic mass is 9.82. The van der Waals surface area contributed by atoms with Crippen LogP contribution in [0.1, 0.15) is 30.4 Å². The van der Waals surface area contributed by atoms with E-state index in [0.29, 0.717) is 17.0 Å². The number of nitrogens with one attached hydrogen (secondary N) is 1. The first-order chi connectivity index (χ1) is 12.7. The monoisotopic (exact) mass is 498 g/mol. The van der Waals surface area contributed by atoms with Gasteiger partial charge in [-0.2, -0.15) is 0 Å². The molecule has 1 aromatic carbocycles. The summed E-state index contributed by atoms with van der Waals surface area (Å²) in [6.45, 7) is 5.24. The third-order valence-corrected chi connectivity index (χ3v) is 5.35. The molecule has 2 atom stereocenters. The number of rotatable bonds is 4. The van der Waals surface area contributed by atoms with Crippen molar-refractivity contribution in [2.75, 3.05) is 26.7 Å². The minimum atomic E-state index is 0. The highest BCUT2D eigenvalue weighted by atomic mass is 127. The number of aliphatic imine (C=N–C) groups is 1. The SMILES string of the molecule is CN=C(NCCc1ccc(Cl)nc1)N1CCC(c2ccccc2)C(C)C1.I. The van der Waals surface area contributed by atoms with Gasteiger partial charge in [0.25, 0.3) is 0 Å². The van der Waals surface area contributed by atoms with Gasteiger partial charge in [0.2, 0.25) is 0 Å². The van der Waals surface area contributed by atoms with Gasteiger partial charge in [-0.3, -0.25) is 4.99 Å². The van der Waals surface area contributed by atoms with Crippen molar-refractivity contribution in [3.05, 3.63) is 64.9 Å². The second-order valence-electron chi connectivity index (χ2n) is 6.94. The van der Waals surface area contributed by atoms with E-state index in [4.69, 9.17) is 11.6 Å². The first-order valence-electron chi connectivity index (χ1n) is 9.28. The zero-order valence-corrected chi connectivity index (χ0v) is 19.0. The molecule has 0 bridgehead atoms. The summed E-state index contributed by atoms with van der Waals surface area (Å²) in [6, 6.07) is 14.7. The molecule has 1 aliphatic heterocycles. The van der Waals surface area contributed by atoms with Gasteiger partial charge < -0.3 is 10.2 Å². The van der Waals surface area contributed by atoms with E-state index in [-0.39, 0.29) is 24.0 Å². The van der Waals surface area contributed by atoms with Crippen LogP contribution in [0.2, 0.25) is 5.15 Å². The van der Waals surface area contributed by atoms with Crippen molar-refractivity contribution >= 4 is 41.5 Å².